The van der Waals surface area contributed by atoms with Gasteiger partial charge in [-0.2, -0.15) is 0 Å². The lowest BCUT2D eigenvalue weighted by atomic mass is 10.1. The number of aliphatic hydroxyl groups is 1. The molecule has 86 valence electrons. The van der Waals surface area contributed by atoms with Crippen molar-refractivity contribution in [1.82, 2.24) is 4.57 Å². The van der Waals surface area contributed by atoms with Crippen LogP contribution < -0.4 is 0 Å². The summed E-state index contributed by atoms with van der Waals surface area (Å²) in [6.45, 7) is 9.61. The smallest absolute Gasteiger partial charge is 0.0904 e. The average Bonchev–Trinajstić information content (AvgIpc) is 2.44. The lowest BCUT2D eigenvalue weighted by Gasteiger charge is -2.13. The monoisotopic (exact) mass is 273 g/mol. The Morgan fingerprint density at radius 1 is 1.40 bits per heavy atom. The largest absolute Gasteiger partial charge is 0.387 e. The number of hydrogen-bond donors (Lipinski definition) is 1. The van der Waals surface area contributed by atoms with Gasteiger partial charge in [0.25, 0.3) is 0 Å². The lowest BCUT2D eigenvalue weighted by molar-refractivity contribution is 0.204. The molecule has 1 aromatic heterocycles. The Morgan fingerprint density at radius 3 is 2.47 bits per heavy atom. The summed E-state index contributed by atoms with van der Waals surface area (Å²) in [4.78, 5) is 0. The summed E-state index contributed by atoms with van der Waals surface area (Å²) in [6.07, 6.45) is -0.392. The Kier molecular flexibility index (Phi) is 4.41. The van der Waals surface area contributed by atoms with Crippen molar-refractivity contribution >= 4 is 15.9 Å². The number of aryl methyl sites for hydroxylation is 1. The Balaban J connectivity index is 3.03. The molecule has 0 aliphatic rings. The molecule has 15 heavy (non-hydrogen) atoms. The van der Waals surface area contributed by atoms with Crippen LogP contribution >= 0.6 is 15.9 Å². The van der Waals surface area contributed by atoms with Gasteiger partial charge in [0.1, 0.15) is 0 Å². The predicted molar refractivity (Wildman–Crippen MR) is 67.5 cm³/mol. The normalized spacial score (nSPS) is 13.5. The van der Waals surface area contributed by atoms with Crippen molar-refractivity contribution in [3.63, 3.8) is 0 Å². The molecule has 0 saturated carbocycles. The van der Waals surface area contributed by atoms with Crippen LogP contribution in [0.3, 0.4) is 0 Å². The van der Waals surface area contributed by atoms with Crippen LogP contribution in [0.4, 0.5) is 0 Å². The van der Waals surface area contributed by atoms with Crippen molar-refractivity contribution < 1.29 is 5.11 Å². The highest BCUT2D eigenvalue weighted by molar-refractivity contribution is 9.09. The van der Waals surface area contributed by atoms with Crippen LogP contribution in [0.2, 0.25) is 0 Å². The maximum atomic E-state index is 9.82. The summed E-state index contributed by atoms with van der Waals surface area (Å²) >= 11 is 3.31. The SMILES string of the molecule is Cc1cc(C(O)CBr)c(C)n1CC(C)C. The minimum Gasteiger partial charge on any atom is -0.387 e. The van der Waals surface area contributed by atoms with Crippen LogP contribution in [0, 0.1) is 19.8 Å². The number of rotatable bonds is 4. The van der Waals surface area contributed by atoms with Gasteiger partial charge in [0, 0.05) is 28.8 Å². The van der Waals surface area contributed by atoms with E-state index in [0.717, 1.165) is 12.1 Å². The number of aromatic nitrogens is 1. The molecule has 0 fully saturated rings. The molecule has 0 radical (unpaired) electrons. The third-order valence-electron chi connectivity index (χ3n) is 2.67. The fraction of sp³-hybridized carbons (Fsp3) is 0.667. The van der Waals surface area contributed by atoms with E-state index in [9.17, 15) is 5.11 Å². The Bertz CT molecular complexity index is 331. The van der Waals surface area contributed by atoms with Gasteiger partial charge in [-0.1, -0.05) is 29.8 Å². The Hall–Kier alpha value is -0.280. The molecular formula is C12H20BrNO. The molecule has 1 aromatic rings. The first-order valence-corrected chi connectivity index (χ1v) is 6.50. The molecule has 0 amide bonds. The van der Waals surface area contributed by atoms with E-state index >= 15 is 0 Å². The van der Waals surface area contributed by atoms with Gasteiger partial charge >= 0.3 is 0 Å². The molecule has 3 heteroatoms. The van der Waals surface area contributed by atoms with Gasteiger partial charge in [-0.25, -0.2) is 0 Å². The molecule has 2 nitrogen and oxygen atoms in total. The number of halogens is 1. The topological polar surface area (TPSA) is 25.2 Å². The van der Waals surface area contributed by atoms with Crippen molar-refractivity contribution in [3.8, 4) is 0 Å². The van der Waals surface area contributed by atoms with E-state index in [-0.39, 0.29) is 0 Å². The molecule has 1 rings (SSSR count). The van der Waals surface area contributed by atoms with E-state index < -0.39 is 6.10 Å². The molecule has 0 bridgehead atoms. The quantitative estimate of drug-likeness (QED) is 0.838. The van der Waals surface area contributed by atoms with Gasteiger partial charge in [-0.05, 0) is 25.8 Å². The standard InChI is InChI=1S/C12H20BrNO/c1-8(2)7-14-9(3)5-11(10(14)4)12(15)6-13/h5,8,12,15H,6-7H2,1-4H3. The average molecular weight is 274 g/mol. The number of hydrogen-bond acceptors (Lipinski definition) is 1. The van der Waals surface area contributed by atoms with Gasteiger partial charge in [0.15, 0.2) is 0 Å². The highest BCUT2D eigenvalue weighted by atomic mass is 79.9. The lowest BCUT2D eigenvalue weighted by Crippen LogP contribution is -2.09. The highest BCUT2D eigenvalue weighted by Crippen LogP contribution is 2.24. The molecule has 1 unspecified atom stereocenters. The van der Waals surface area contributed by atoms with Gasteiger partial charge in [0.05, 0.1) is 6.10 Å². The first kappa shape index (κ1) is 12.8. The summed E-state index contributed by atoms with van der Waals surface area (Å²) in [5.74, 6) is 0.628. The zero-order chi connectivity index (χ0) is 11.6. The fourth-order valence-corrected chi connectivity index (χ4v) is 2.24. The zero-order valence-corrected chi connectivity index (χ0v) is 11.5. The summed E-state index contributed by atoms with van der Waals surface area (Å²) in [5, 5.41) is 10.4. The Morgan fingerprint density at radius 2 is 2.00 bits per heavy atom. The van der Waals surface area contributed by atoms with Crippen LogP contribution in [0.25, 0.3) is 0 Å². The maximum absolute atomic E-state index is 9.82. The van der Waals surface area contributed by atoms with Crippen molar-refractivity contribution in [2.45, 2.75) is 40.3 Å². The third kappa shape index (κ3) is 2.85. The van der Waals surface area contributed by atoms with Crippen molar-refractivity contribution in [3.05, 3.63) is 23.0 Å². The molecule has 0 aromatic carbocycles. The van der Waals surface area contributed by atoms with Gasteiger partial charge in [0.2, 0.25) is 0 Å². The predicted octanol–water partition coefficient (Wildman–Crippen LogP) is 3.19. The van der Waals surface area contributed by atoms with E-state index in [1.54, 1.807) is 0 Å². The van der Waals surface area contributed by atoms with Crippen LogP contribution in [0.1, 0.15) is 36.9 Å². The molecule has 0 aliphatic heterocycles. The van der Waals surface area contributed by atoms with E-state index in [0.29, 0.717) is 11.2 Å². The molecule has 1 N–H and O–H groups in total. The minimum absolute atomic E-state index is 0.392. The third-order valence-corrected chi connectivity index (χ3v) is 3.28. The molecular weight excluding hydrogens is 254 g/mol. The van der Waals surface area contributed by atoms with Gasteiger partial charge in [-0.15, -0.1) is 0 Å². The van der Waals surface area contributed by atoms with E-state index in [2.05, 4.69) is 54.3 Å². The van der Waals surface area contributed by atoms with Crippen molar-refractivity contribution in [2.24, 2.45) is 5.92 Å². The fourth-order valence-electron chi connectivity index (χ4n) is 1.89. The second kappa shape index (κ2) is 5.17. The second-order valence-electron chi connectivity index (χ2n) is 4.50. The summed E-state index contributed by atoms with van der Waals surface area (Å²) in [7, 11) is 0. The number of alkyl halides is 1. The highest BCUT2D eigenvalue weighted by Gasteiger charge is 2.15. The number of aliphatic hydroxyl groups excluding tert-OH is 1. The molecule has 0 saturated heterocycles. The molecule has 0 aliphatic carbocycles. The van der Waals surface area contributed by atoms with Crippen molar-refractivity contribution in [2.75, 3.05) is 5.33 Å². The summed E-state index contributed by atoms with van der Waals surface area (Å²) < 4.78 is 2.28. The molecule has 0 spiro atoms. The second-order valence-corrected chi connectivity index (χ2v) is 5.15. The van der Waals surface area contributed by atoms with Gasteiger partial charge < -0.3 is 9.67 Å². The zero-order valence-electron chi connectivity index (χ0n) is 9.92. The van der Waals surface area contributed by atoms with E-state index in [1.807, 2.05) is 0 Å². The molecule has 1 atom stereocenters. The summed E-state index contributed by atoms with van der Waals surface area (Å²) in [6, 6.07) is 2.09. The first-order valence-electron chi connectivity index (χ1n) is 5.38. The van der Waals surface area contributed by atoms with Crippen molar-refractivity contribution in [1.29, 1.82) is 0 Å². The van der Waals surface area contributed by atoms with Crippen LogP contribution in [-0.2, 0) is 6.54 Å². The number of nitrogens with zero attached hydrogens (tertiary/aromatic N) is 1. The minimum atomic E-state index is -0.392. The van der Waals surface area contributed by atoms with Gasteiger partial charge in [-0.3, -0.25) is 0 Å². The van der Waals surface area contributed by atoms with E-state index in [1.165, 1.54) is 11.4 Å². The van der Waals surface area contributed by atoms with Crippen LogP contribution in [0.15, 0.2) is 6.07 Å². The Labute approximate surface area is 100 Å². The molecule has 1 heterocycles. The van der Waals surface area contributed by atoms with Crippen LogP contribution in [0.5, 0.6) is 0 Å². The maximum Gasteiger partial charge on any atom is 0.0904 e. The summed E-state index contributed by atoms with van der Waals surface area (Å²) in [5.41, 5.74) is 3.47. The van der Waals surface area contributed by atoms with Crippen LogP contribution in [-0.4, -0.2) is 15.0 Å². The first-order chi connectivity index (χ1) is 6.97. The van der Waals surface area contributed by atoms with E-state index in [4.69, 9.17) is 0 Å².